The number of ether oxygens (including phenoxy) is 2. The first-order valence-corrected chi connectivity index (χ1v) is 14.2. The number of nitrogens with one attached hydrogen (secondary N) is 3. The van der Waals surface area contributed by atoms with E-state index < -0.39 is 18.1 Å². The molecule has 3 aromatic rings. The number of hydrogen-bond donors (Lipinski definition) is 3. The normalized spacial score (nSPS) is 16.8. The largest absolute Gasteiger partial charge is 0.573 e. The fourth-order valence-corrected chi connectivity index (χ4v) is 4.63. The summed E-state index contributed by atoms with van der Waals surface area (Å²) in [6.45, 7) is 6.17. The Labute approximate surface area is 249 Å². The first kappa shape index (κ1) is 31.5. The second-order valence-corrected chi connectivity index (χ2v) is 11.3. The number of amides is 1. The summed E-state index contributed by atoms with van der Waals surface area (Å²) in [5.41, 5.74) is 1.20. The van der Waals surface area contributed by atoms with Crippen molar-refractivity contribution in [3.8, 4) is 17.6 Å². The van der Waals surface area contributed by atoms with Crippen LogP contribution in [0.2, 0.25) is 0 Å². The van der Waals surface area contributed by atoms with Gasteiger partial charge in [0.1, 0.15) is 17.2 Å². The molecule has 228 valence electrons. The van der Waals surface area contributed by atoms with E-state index in [1.807, 2.05) is 51.1 Å². The van der Waals surface area contributed by atoms with Gasteiger partial charge in [-0.15, -0.1) is 13.2 Å². The predicted molar refractivity (Wildman–Crippen MR) is 159 cm³/mol. The molecule has 1 aromatic heterocycles. The molecule has 0 aliphatic heterocycles. The Morgan fingerprint density at radius 1 is 0.953 bits per heavy atom. The number of halogens is 3. The van der Waals surface area contributed by atoms with Crippen molar-refractivity contribution < 1.29 is 27.4 Å². The minimum atomic E-state index is -4.80. The Morgan fingerprint density at radius 3 is 2.35 bits per heavy atom. The second kappa shape index (κ2) is 14.1. The van der Waals surface area contributed by atoms with Crippen LogP contribution in [0.5, 0.6) is 5.75 Å². The second-order valence-electron chi connectivity index (χ2n) is 11.3. The van der Waals surface area contributed by atoms with Crippen molar-refractivity contribution in [3.63, 3.8) is 0 Å². The monoisotopic (exact) mass is 595 g/mol. The van der Waals surface area contributed by atoms with Crippen LogP contribution < -0.4 is 20.7 Å². The molecule has 11 heteroatoms. The number of carbonyl (C=O) groups excluding carboxylic acids is 1. The van der Waals surface area contributed by atoms with Gasteiger partial charge in [-0.1, -0.05) is 48.2 Å². The van der Waals surface area contributed by atoms with E-state index >= 15 is 0 Å². The Hall–Kier alpha value is -4.46. The molecule has 0 radical (unpaired) electrons. The quantitative estimate of drug-likeness (QED) is 0.244. The number of alkyl halides is 3. The number of anilines is 2. The SMILES string of the molecule is CC(C)(C)OC(=O)NC1CCC(CNc2nc(NCc3ccccc3OC(F)(F)F)ncc2C#Cc2ccccc2)CC1. The first-order valence-electron chi connectivity index (χ1n) is 14.2. The summed E-state index contributed by atoms with van der Waals surface area (Å²) in [6.07, 6.45) is -0.120. The maximum atomic E-state index is 12.8. The van der Waals surface area contributed by atoms with Gasteiger partial charge in [0.05, 0.1) is 11.8 Å². The molecular weight excluding hydrogens is 559 g/mol. The van der Waals surface area contributed by atoms with Crippen molar-refractivity contribution in [3.05, 3.63) is 77.5 Å². The highest BCUT2D eigenvalue weighted by Crippen LogP contribution is 2.28. The molecule has 0 atom stereocenters. The highest BCUT2D eigenvalue weighted by atomic mass is 19.4. The number of carbonyl (C=O) groups is 1. The number of nitrogens with zero attached hydrogens (tertiary/aromatic N) is 2. The van der Waals surface area contributed by atoms with E-state index in [0.29, 0.717) is 29.4 Å². The summed E-state index contributed by atoms with van der Waals surface area (Å²) in [6, 6.07) is 15.5. The molecular formula is C32H36F3N5O3. The molecule has 1 aliphatic carbocycles. The number of rotatable bonds is 8. The first-order chi connectivity index (χ1) is 20.4. The fourth-order valence-electron chi connectivity index (χ4n) is 4.63. The van der Waals surface area contributed by atoms with Gasteiger partial charge in [-0.25, -0.2) is 9.78 Å². The van der Waals surface area contributed by atoms with Crippen LogP contribution in [-0.4, -0.2) is 40.6 Å². The lowest BCUT2D eigenvalue weighted by Gasteiger charge is -2.30. The van der Waals surface area contributed by atoms with E-state index in [4.69, 9.17) is 4.74 Å². The van der Waals surface area contributed by atoms with Crippen LogP contribution in [0.4, 0.5) is 29.7 Å². The average Bonchev–Trinajstić information content (AvgIpc) is 2.94. The van der Waals surface area contributed by atoms with Gasteiger partial charge < -0.3 is 25.4 Å². The van der Waals surface area contributed by atoms with Crippen LogP contribution in [0.15, 0.2) is 60.8 Å². The summed E-state index contributed by atoms with van der Waals surface area (Å²) in [5, 5.41) is 9.37. The van der Waals surface area contributed by atoms with Gasteiger partial charge in [-0.3, -0.25) is 0 Å². The van der Waals surface area contributed by atoms with Crippen LogP contribution in [0, 0.1) is 17.8 Å². The Kier molecular flexibility index (Phi) is 10.3. The van der Waals surface area contributed by atoms with Gasteiger partial charge in [0.15, 0.2) is 0 Å². The lowest BCUT2D eigenvalue weighted by Crippen LogP contribution is -2.41. The van der Waals surface area contributed by atoms with Crippen LogP contribution in [-0.2, 0) is 11.3 Å². The number of para-hydroxylation sites is 1. The molecule has 1 amide bonds. The van der Waals surface area contributed by atoms with Crippen molar-refractivity contribution in [1.29, 1.82) is 0 Å². The minimum Gasteiger partial charge on any atom is -0.444 e. The standard InChI is InChI=1S/C32H36F3N5O3/c1-31(2,3)43-30(41)39-26-17-14-23(15-18-26)19-36-28-25(16-13-22-9-5-4-6-10-22)21-38-29(40-28)37-20-24-11-7-8-12-27(24)42-32(33,34)35/h4-12,21,23,26H,14-15,17-20H2,1-3H3,(H,39,41)(H2,36,37,38,40). The third-order valence-corrected chi connectivity index (χ3v) is 6.67. The maximum Gasteiger partial charge on any atom is 0.573 e. The van der Waals surface area contributed by atoms with Gasteiger partial charge in [-0.2, -0.15) is 4.98 Å². The third-order valence-electron chi connectivity index (χ3n) is 6.67. The predicted octanol–water partition coefficient (Wildman–Crippen LogP) is 6.88. The van der Waals surface area contributed by atoms with Gasteiger partial charge in [0, 0.05) is 30.3 Å². The van der Waals surface area contributed by atoms with Crippen molar-refractivity contribution in [1.82, 2.24) is 15.3 Å². The average molecular weight is 596 g/mol. The highest BCUT2D eigenvalue weighted by Gasteiger charge is 2.32. The van der Waals surface area contributed by atoms with Crippen molar-refractivity contribution in [2.75, 3.05) is 17.2 Å². The maximum absolute atomic E-state index is 12.8. The summed E-state index contributed by atoms with van der Waals surface area (Å²) in [5.74, 6) is 7.07. The Bertz CT molecular complexity index is 1420. The number of benzene rings is 2. The van der Waals surface area contributed by atoms with Gasteiger partial charge in [0.2, 0.25) is 5.95 Å². The molecule has 4 rings (SSSR count). The zero-order valence-electron chi connectivity index (χ0n) is 24.4. The van der Waals surface area contributed by atoms with Crippen molar-refractivity contribution in [2.45, 2.75) is 71.0 Å². The van der Waals surface area contributed by atoms with Crippen molar-refractivity contribution in [2.24, 2.45) is 5.92 Å². The summed E-state index contributed by atoms with van der Waals surface area (Å²) in [4.78, 5) is 21.1. The smallest absolute Gasteiger partial charge is 0.444 e. The van der Waals surface area contributed by atoms with E-state index in [-0.39, 0.29) is 24.3 Å². The lowest BCUT2D eigenvalue weighted by molar-refractivity contribution is -0.274. The molecule has 43 heavy (non-hydrogen) atoms. The van der Waals surface area contributed by atoms with Crippen LogP contribution in [0.1, 0.15) is 63.1 Å². The summed E-state index contributed by atoms with van der Waals surface area (Å²) >= 11 is 0. The van der Waals surface area contributed by atoms with Gasteiger partial charge in [0.25, 0.3) is 0 Å². The topological polar surface area (TPSA) is 97.4 Å². The number of alkyl carbamates (subject to hydrolysis) is 1. The third kappa shape index (κ3) is 10.7. The number of aromatic nitrogens is 2. The van der Waals surface area contributed by atoms with E-state index in [0.717, 1.165) is 31.2 Å². The van der Waals surface area contributed by atoms with E-state index in [1.165, 1.54) is 12.1 Å². The Morgan fingerprint density at radius 2 is 1.65 bits per heavy atom. The van der Waals surface area contributed by atoms with E-state index in [9.17, 15) is 18.0 Å². The number of hydrogen-bond acceptors (Lipinski definition) is 7. The molecule has 1 fully saturated rings. The lowest BCUT2D eigenvalue weighted by atomic mass is 9.86. The Balaban J connectivity index is 1.42. The van der Waals surface area contributed by atoms with E-state index in [1.54, 1.807) is 18.3 Å². The molecule has 1 saturated carbocycles. The molecule has 0 saturated heterocycles. The zero-order valence-corrected chi connectivity index (χ0v) is 24.4. The highest BCUT2D eigenvalue weighted by molar-refractivity contribution is 5.68. The summed E-state index contributed by atoms with van der Waals surface area (Å²) in [7, 11) is 0. The molecule has 8 nitrogen and oxygen atoms in total. The summed E-state index contributed by atoms with van der Waals surface area (Å²) < 4.78 is 48.0. The molecule has 1 aliphatic rings. The van der Waals surface area contributed by atoms with Gasteiger partial charge in [-0.05, 0) is 70.6 Å². The molecule has 0 bridgehead atoms. The van der Waals surface area contributed by atoms with E-state index in [2.05, 4.69) is 42.5 Å². The fraction of sp³-hybridized carbons (Fsp3) is 0.406. The molecule has 3 N–H and O–H groups in total. The van der Waals surface area contributed by atoms with Crippen molar-refractivity contribution >= 4 is 17.9 Å². The molecule has 0 spiro atoms. The van der Waals surface area contributed by atoms with Gasteiger partial charge >= 0.3 is 12.5 Å². The minimum absolute atomic E-state index is 0.0232. The zero-order chi connectivity index (χ0) is 30.9. The van der Waals surface area contributed by atoms with Crippen LogP contribution >= 0.6 is 0 Å². The van der Waals surface area contributed by atoms with Crippen LogP contribution in [0.25, 0.3) is 0 Å². The molecule has 2 aromatic carbocycles. The van der Waals surface area contributed by atoms with Crippen LogP contribution in [0.3, 0.4) is 0 Å². The molecule has 0 unspecified atom stereocenters. The molecule has 1 heterocycles.